The molecule has 0 aliphatic rings. The van der Waals surface area contributed by atoms with Gasteiger partial charge in [0.05, 0.1) is 0 Å². The van der Waals surface area contributed by atoms with E-state index in [1.54, 1.807) is 0 Å². The van der Waals surface area contributed by atoms with Crippen LogP contribution in [0.5, 0.6) is 0 Å². The van der Waals surface area contributed by atoms with E-state index in [0.717, 1.165) is 6.42 Å². The fraction of sp³-hybridized carbons (Fsp3) is 0.875. The Morgan fingerprint density at radius 3 is 1.11 bits per heavy atom. The predicted molar refractivity (Wildman–Crippen MR) is 47.2 cm³/mol. The van der Waals surface area contributed by atoms with Gasteiger partial charge in [-0.3, -0.25) is 0 Å². The number of rotatable bonds is 1. The molecule has 0 atom stereocenters. The van der Waals surface area contributed by atoms with Crippen LogP contribution >= 0.6 is 0 Å². The molecule has 9 heavy (non-hydrogen) atoms. The first-order valence-electron chi connectivity index (χ1n) is 1.71. The average molecular weight is 307 g/mol. The Morgan fingerprint density at radius 1 is 1.00 bits per heavy atom. The van der Waals surface area contributed by atoms with Gasteiger partial charge in [0.15, 0.2) is 0 Å². The maximum Gasteiger partial charge on any atom is 0 e. The minimum absolute atomic E-state index is 0. The van der Waals surface area contributed by atoms with Gasteiger partial charge in [0.1, 0.15) is 0 Å². The van der Waals surface area contributed by atoms with E-state index in [1.807, 2.05) is 0 Å². The standard InChI is InChI=1S/C4H9.4CH4.Re/c1-3-4-2;;;;;/h1,3-4H2,2H3;4*1H4;/q-1;;;;;. The van der Waals surface area contributed by atoms with Crippen molar-refractivity contribution in [3.05, 3.63) is 6.92 Å². The van der Waals surface area contributed by atoms with Gasteiger partial charge in [0, 0.05) is 20.4 Å². The summed E-state index contributed by atoms with van der Waals surface area (Å²) < 4.78 is 0. The van der Waals surface area contributed by atoms with Crippen LogP contribution in [0, 0.1) is 6.92 Å². The van der Waals surface area contributed by atoms with Gasteiger partial charge in [-0.2, -0.15) is 6.42 Å². The monoisotopic (exact) mass is 308 g/mol. The van der Waals surface area contributed by atoms with E-state index in [9.17, 15) is 0 Å². The van der Waals surface area contributed by atoms with E-state index in [0.29, 0.717) is 0 Å². The molecule has 0 unspecified atom stereocenters. The van der Waals surface area contributed by atoms with Crippen molar-refractivity contribution in [3.8, 4) is 0 Å². The van der Waals surface area contributed by atoms with Gasteiger partial charge in [-0.1, -0.05) is 43.1 Å². The molecule has 0 fully saturated rings. The molecule has 0 saturated heterocycles. The smallest absolute Gasteiger partial charge is 0 e. The van der Waals surface area contributed by atoms with E-state index in [2.05, 4.69) is 13.8 Å². The van der Waals surface area contributed by atoms with Crippen molar-refractivity contribution < 1.29 is 20.4 Å². The molecule has 0 nitrogen and oxygen atoms in total. The van der Waals surface area contributed by atoms with Gasteiger partial charge < -0.3 is 6.92 Å². The summed E-state index contributed by atoms with van der Waals surface area (Å²) in [5.74, 6) is 0. The Labute approximate surface area is 77.1 Å². The molecule has 0 spiro atoms. The zero-order valence-corrected chi connectivity index (χ0v) is 6.22. The summed E-state index contributed by atoms with van der Waals surface area (Å²) in [6, 6.07) is 0. The normalized spacial score (nSPS) is 3.33. The zero-order chi connectivity index (χ0) is 3.41. The molecule has 0 aliphatic heterocycles. The first kappa shape index (κ1) is 54.1. The molecule has 0 aromatic carbocycles. The molecule has 0 N–H and O–H groups in total. The molecule has 1 heteroatoms. The van der Waals surface area contributed by atoms with E-state index in [1.165, 1.54) is 6.42 Å². The summed E-state index contributed by atoms with van der Waals surface area (Å²) >= 11 is 0. The fourth-order valence-corrected chi connectivity index (χ4v) is 0. The fourth-order valence-electron chi connectivity index (χ4n) is 0. The second-order valence-electron chi connectivity index (χ2n) is 0.854. The third-order valence-electron chi connectivity index (χ3n) is 0.354. The molecule has 0 aromatic heterocycles. The van der Waals surface area contributed by atoms with Crippen molar-refractivity contribution in [2.45, 2.75) is 49.5 Å². The molecule has 65 valence electrons. The maximum atomic E-state index is 3.60. The largest absolute Gasteiger partial charge is 0.343 e. The van der Waals surface area contributed by atoms with Gasteiger partial charge >= 0.3 is 0 Å². The predicted octanol–water partition coefficient (Wildman–Crippen LogP) is 4.16. The van der Waals surface area contributed by atoms with Gasteiger partial charge in [0.25, 0.3) is 0 Å². The Balaban J connectivity index is -0.00000000450. The Bertz CT molecular complexity index is 6.53. The van der Waals surface area contributed by atoms with Gasteiger partial charge in [-0.25, -0.2) is 0 Å². The minimum Gasteiger partial charge on any atom is -0.343 e. The molecule has 0 bridgehead atoms. The van der Waals surface area contributed by atoms with Crippen molar-refractivity contribution in [2.24, 2.45) is 0 Å². The van der Waals surface area contributed by atoms with Gasteiger partial charge in [0.2, 0.25) is 0 Å². The van der Waals surface area contributed by atoms with Crippen LogP contribution in [0.2, 0.25) is 0 Å². The van der Waals surface area contributed by atoms with Crippen molar-refractivity contribution in [1.82, 2.24) is 0 Å². The van der Waals surface area contributed by atoms with Crippen molar-refractivity contribution in [1.29, 1.82) is 0 Å². The summed E-state index contributed by atoms with van der Waals surface area (Å²) in [6.45, 7) is 5.72. The SMILES string of the molecule is C.C.C.C.[CH2-]CCC.[Re]. The van der Waals surface area contributed by atoms with Crippen LogP contribution in [0.3, 0.4) is 0 Å². The third-order valence-corrected chi connectivity index (χ3v) is 0.354. The second kappa shape index (κ2) is 71.8. The molecule has 0 aliphatic carbocycles. The zero-order valence-electron chi connectivity index (χ0n) is 3.50. The molecule has 0 amide bonds. The molecule has 0 aromatic rings. The molecular formula is C8H25Re-. The Morgan fingerprint density at radius 2 is 1.11 bits per heavy atom. The molecular weight excluding hydrogens is 282 g/mol. The van der Waals surface area contributed by atoms with Crippen LogP contribution < -0.4 is 0 Å². The topological polar surface area (TPSA) is 0 Å². The minimum atomic E-state index is 0. The molecule has 1 radical (unpaired) electrons. The summed E-state index contributed by atoms with van der Waals surface area (Å²) in [5.41, 5.74) is 0. The van der Waals surface area contributed by atoms with E-state index >= 15 is 0 Å². The van der Waals surface area contributed by atoms with Gasteiger partial charge in [-0.15, -0.1) is 0 Å². The summed E-state index contributed by atoms with van der Waals surface area (Å²) in [6.07, 6.45) is 2.28. The summed E-state index contributed by atoms with van der Waals surface area (Å²) in [5, 5.41) is 0. The van der Waals surface area contributed by atoms with Crippen LogP contribution in [-0.4, -0.2) is 0 Å². The molecule has 0 heterocycles. The van der Waals surface area contributed by atoms with Crippen LogP contribution in [0.4, 0.5) is 0 Å². The van der Waals surface area contributed by atoms with Crippen LogP contribution in [-0.2, 0) is 20.4 Å². The summed E-state index contributed by atoms with van der Waals surface area (Å²) in [7, 11) is 0. The van der Waals surface area contributed by atoms with E-state index in [-0.39, 0.29) is 50.1 Å². The molecule has 0 saturated carbocycles. The first-order valence-corrected chi connectivity index (χ1v) is 1.71. The maximum absolute atomic E-state index is 3.60. The van der Waals surface area contributed by atoms with Gasteiger partial charge in [-0.05, 0) is 0 Å². The van der Waals surface area contributed by atoms with Crippen LogP contribution in [0.15, 0.2) is 0 Å². The third kappa shape index (κ3) is 139. The number of unbranched alkanes of at least 4 members (excludes halogenated alkanes) is 1. The first-order chi connectivity index (χ1) is 1.91. The Hall–Kier alpha value is 0.662. The van der Waals surface area contributed by atoms with Crippen molar-refractivity contribution in [3.63, 3.8) is 0 Å². The van der Waals surface area contributed by atoms with Crippen LogP contribution in [0.25, 0.3) is 0 Å². The van der Waals surface area contributed by atoms with Crippen molar-refractivity contribution in [2.75, 3.05) is 0 Å². The Kier molecular flexibility index (Phi) is 431. The average Bonchev–Trinajstić information content (AvgIpc) is 1.37. The van der Waals surface area contributed by atoms with Crippen molar-refractivity contribution >= 4 is 0 Å². The van der Waals surface area contributed by atoms with E-state index in [4.69, 9.17) is 0 Å². The molecule has 0 rings (SSSR count). The number of hydrogen-bond donors (Lipinski definition) is 0. The quantitative estimate of drug-likeness (QED) is 0.638. The van der Waals surface area contributed by atoms with Crippen LogP contribution in [0.1, 0.15) is 49.5 Å². The van der Waals surface area contributed by atoms with E-state index < -0.39 is 0 Å². The second-order valence-corrected chi connectivity index (χ2v) is 0.854. The number of hydrogen-bond acceptors (Lipinski definition) is 0. The summed E-state index contributed by atoms with van der Waals surface area (Å²) in [4.78, 5) is 0.